The first-order valence-electron chi connectivity index (χ1n) is 15.6. The van der Waals surface area contributed by atoms with Crippen molar-refractivity contribution >= 4 is 35.3 Å². The van der Waals surface area contributed by atoms with Gasteiger partial charge in [-0.3, -0.25) is 9.59 Å². The molecule has 0 radical (unpaired) electrons. The fourth-order valence-corrected chi connectivity index (χ4v) is 4.84. The lowest BCUT2D eigenvalue weighted by Crippen LogP contribution is -2.45. The van der Waals surface area contributed by atoms with E-state index in [1.165, 1.54) is 7.11 Å². The minimum Gasteiger partial charge on any atom is -0.461 e. The predicted octanol–water partition coefficient (Wildman–Crippen LogP) is 2.67. The molecular formula is C34H40N6O8. The van der Waals surface area contributed by atoms with E-state index < -0.39 is 30.3 Å². The lowest BCUT2D eigenvalue weighted by atomic mass is 10.2. The maximum atomic E-state index is 14.1. The molecule has 48 heavy (non-hydrogen) atoms. The fourth-order valence-electron chi connectivity index (χ4n) is 4.84. The van der Waals surface area contributed by atoms with E-state index in [9.17, 15) is 19.5 Å². The van der Waals surface area contributed by atoms with Crippen LogP contribution in [0.25, 0.3) is 4.85 Å². The molecule has 1 amide bonds. The summed E-state index contributed by atoms with van der Waals surface area (Å²) >= 11 is 0. The molecule has 1 aliphatic heterocycles. The van der Waals surface area contributed by atoms with Gasteiger partial charge >= 0.3 is 17.8 Å². The van der Waals surface area contributed by atoms with Crippen LogP contribution in [0.1, 0.15) is 34.5 Å². The molecule has 0 spiro atoms. The number of anilines is 2. The molecule has 2 aromatic carbocycles. The van der Waals surface area contributed by atoms with Gasteiger partial charge in [-0.1, -0.05) is 72.2 Å². The number of hydrogen-bond donors (Lipinski definition) is 2. The number of aliphatic hydroxyl groups is 1. The Kier molecular flexibility index (Phi) is 14.1. The monoisotopic (exact) mass is 660 g/mol. The number of amides is 1. The Bertz CT molecular complexity index is 1520. The zero-order valence-corrected chi connectivity index (χ0v) is 26.9. The third-order valence-electron chi connectivity index (χ3n) is 7.35. The summed E-state index contributed by atoms with van der Waals surface area (Å²) in [5.74, 6) is -2.13. The number of rotatable bonds is 17. The number of benzene rings is 2. The molecule has 2 heterocycles. The average Bonchev–Trinajstić information content (AvgIpc) is 3.13. The van der Waals surface area contributed by atoms with E-state index in [2.05, 4.69) is 20.1 Å². The number of morpholine rings is 1. The number of carbonyl (C=O) groups excluding carboxylic acids is 3. The number of nitrogens with zero attached hydrogens (tertiary/aromatic N) is 5. The van der Waals surface area contributed by atoms with Crippen LogP contribution in [0.4, 0.5) is 17.5 Å². The van der Waals surface area contributed by atoms with E-state index in [1.54, 1.807) is 46.2 Å². The number of esters is 2. The second kappa shape index (κ2) is 18.9. The van der Waals surface area contributed by atoms with E-state index in [0.29, 0.717) is 45.8 Å². The number of ether oxygens (including phenoxy) is 4. The molecule has 1 atom stereocenters. The van der Waals surface area contributed by atoms with E-state index in [-0.39, 0.29) is 49.6 Å². The van der Waals surface area contributed by atoms with Gasteiger partial charge in [0.05, 0.1) is 26.2 Å². The number of methoxy groups -OCH3 is 1. The summed E-state index contributed by atoms with van der Waals surface area (Å²) in [7, 11) is 1.54. The number of aliphatic hydroxyl groups excluding tert-OH is 1. The van der Waals surface area contributed by atoms with Gasteiger partial charge in [-0.15, -0.1) is 0 Å². The fraction of sp³-hybridized carbons (Fsp3) is 0.412. The normalized spacial score (nSPS) is 13.2. The molecule has 0 bridgehead atoms. The highest BCUT2D eigenvalue weighted by atomic mass is 16.5. The molecule has 1 aromatic heterocycles. The lowest BCUT2D eigenvalue weighted by molar-refractivity contribution is -0.153. The Morgan fingerprint density at radius 3 is 2.25 bits per heavy atom. The van der Waals surface area contributed by atoms with Crippen molar-refractivity contribution < 1.29 is 38.4 Å². The molecule has 1 aliphatic rings. The second-order valence-electron chi connectivity index (χ2n) is 10.8. The summed E-state index contributed by atoms with van der Waals surface area (Å²) in [5, 5.41) is 12.1. The first-order valence-corrected chi connectivity index (χ1v) is 15.6. The van der Waals surface area contributed by atoms with Crippen LogP contribution in [0.3, 0.4) is 0 Å². The summed E-state index contributed by atoms with van der Waals surface area (Å²) in [6.45, 7) is 10.1. The highest BCUT2D eigenvalue weighted by Crippen LogP contribution is 2.31. The summed E-state index contributed by atoms with van der Waals surface area (Å²) in [6.07, 6.45) is -0.133. The number of aromatic nitrogens is 2. The maximum Gasteiger partial charge on any atom is 0.329 e. The van der Waals surface area contributed by atoms with Gasteiger partial charge in [-0.2, -0.15) is 0 Å². The zero-order chi connectivity index (χ0) is 34.1. The van der Waals surface area contributed by atoms with E-state index in [4.69, 9.17) is 25.5 Å². The van der Waals surface area contributed by atoms with Gasteiger partial charge in [0.2, 0.25) is 0 Å². The molecule has 4 rings (SSSR count). The topological polar surface area (TPSA) is 157 Å². The van der Waals surface area contributed by atoms with Crippen molar-refractivity contribution in [3.63, 3.8) is 0 Å². The lowest BCUT2D eigenvalue weighted by Gasteiger charge is -2.29. The standard InChI is InChI=1S/C34H40N6O8/c1-35-30-32(39(14-9-18-41)15-19-45-2)37-29(31(38-30)40-16-20-46-21-17-40)33(43)36-27(34(44)48-24-26-12-7-4-8-13-26)22-28(42)47-23-25-10-5-3-6-11-25/h3-8,10-13,27,41H,9,14-24H2,2H3,(H,36,43)/t27-/m1/s1. The van der Waals surface area contributed by atoms with Crippen LogP contribution >= 0.6 is 0 Å². The van der Waals surface area contributed by atoms with Crippen LogP contribution in [0, 0.1) is 6.57 Å². The minimum atomic E-state index is -1.42. The molecule has 2 N–H and O–H groups in total. The van der Waals surface area contributed by atoms with E-state index >= 15 is 0 Å². The van der Waals surface area contributed by atoms with E-state index in [1.807, 2.05) is 24.3 Å². The van der Waals surface area contributed by atoms with Crippen LogP contribution in [0.15, 0.2) is 60.7 Å². The Hall–Kier alpha value is -5.10. The van der Waals surface area contributed by atoms with Crippen molar-refractivity contribution in [2.75, 3.05) is 69.5 Å². The SMILES string of the molecule is [C-]#[N+]c1nc(N2CCOCC2)c(C(=O)N[C@H](CC(=O)OCc2ccccc2)C(=O)OCc2ccccc2)nc1N(CCCO)CCOC. The first kappa shape index (κ1) is 35.7. The van der Waals surface area contributed by atoms with Crippen molar-refractivity contribution in [1.29, 1.82) is 0 Å². The molecule has 0 unspecified atom stereocenters. The largest absolute Gasteiger partial charge is 0.461 e. The highest BCUT2D eigenvalue weighted by molar-refractivity contribution is 6.00. The smallest absolute Gasteiger partial charge is 0.329 e. The Labute approximate surface area is 279 Å². The number of nitrogens with one attached hydrogen (secondary N) is 1. The third-order valence-corrected chi connectivity index (χ3v) is 7.35. The van der Waals surface area contributed by atoms with Crippen LogP contribution in [-0.4, -0.2) is 98.7 Å². The van der Waals surface area contributed by atoms with Gasteiger partial charge in [0, 0.05) is 39.9 Å². The van der Waals surface area contributed by atoms with Crippen molar-refractivity contribution in [3.05, 3.63) is 88.9 Å². The quantitative estimate of drug-likeness (QED) is 0.161. The Morgan fingerprint density at radius 2 is 1.65 bits per heavy atom. The van der Waals surface area contributed by atoms with Crippen molar-refractivity contribution in [2.24, 2.45) is 0 Å². The molecule has 1 saturated heterocycles. The summed E-state index contributed by atoms with van der Waals surface area (Å²) in [4.78, 5) is 56.7. The van der Waals surface area contributed by atoms with Gasteiger partial charge in [-0.25, -0.2) is 9.78 Å². The molecular weight excluding hydrogens is 620 g/mol. The molecule has 254 valence electrons. The van der Waals surface area contributed by atoms with Gasteiger partial charge in [0.25, 0.3) is 11.7 Å². The van der Waals surface area contributed by atoms with Gasteiger partial charge in [-0.05, 0) is 17.5 Å². The average molecular weight is 661 g/mol. The molecule has 1 fully saturated rings. The Morgan fingerprint density at radius 1 is 1.00 bits per heavy atom. The van der Waals surface area contributed by atoms with Crippen LogP contribution < -0.4 is 15.1 Å². The summed E-state index contributed by atoms with van der Waals surface area (Å²) < 4.78 is 21.6. The predicted molar refractivity (Wildman–Crippen MR) is 175 cm³/mol. The van der Waals surface area contributed by atoms with Crippen LogP contribution in [-0.2, 0) is 41.8 Å². The number of carbonyl (C=O) groups is 3. The molecule has 0 saturated carbocycles. The summed E-state index contributed by atoms with van der Waals surface area (Å²) in [5.41, 5.74) is 1.33. The molecule has 3 aromatic rings. The summed E-state index contributed by atoms with van der Waals surface area (Å²) in [6, 6.07) is 16.6. The second-order valence-corrected chi connectivity index (χ2v) is 10.8. The Balaban J connectivity index is 1.65. The van der Waals surface area contributed by atoms with Crippen LogP contribution in [0.5, 0.6) is 0 Å². The number of hydrogen-bond acceptors (Lipinski definition) is 12. The zero-order valence-electron chi connectivity index (χ0n) is 26.9. The van der Waals surface area contributed by atoms with Crippen molar-refractivity contribution in [2.45, 2.75) is 32.1 Å². The van der Waals surface area contributed by atoms with Gasteiger partial charge in [0.15, 0.2) is 11.5 Å². The molecule has 0 aliphatic carbocycles. The van der Waals surface area contributed by atoms with Gasteiger partial charge < -0.3 is 44.0 Å². The minimum absolute atomic E-state index is 0.0152. The highest BCUT2D eigenvalue weighted by Gasteiger charge is 2.33. The molecule has 14 heteroatoms. The van der Waals surface area contributed by atoms with Crippen molar-refractivity contribution in [3.8, 4) is 0 Å². The third kappa shape index (κ3) is 10.5. The first-order chi connectivity index (χ1) is 23.4. The van der Waals surface area contributed by atoms with E-state index in [0.717, 1.165) is 11.1 Å². The molecule has 14 nitrogen and oxygen atoms in total. The van der Waals surface area contributed by atoms with Gasteiger partial charge in [0.1, 0.15) is 19.3 Å². The van der Waals surface area contributed by atoms with Crippen LogP contribution in [0.2, 0.25) is 0 Å². The van der Waals surface area contributed by atoms with Crippen molar-refractivity contribution in [1.82, 2.24) is 15.3 Å². The maximum absolute atomic E-state index is 14.1.